The van der Waals surface area contributed by atoms with E-state index in [1.54, 1.807) is 0 Å². The van der Waals surface area contributed by atoms with Gasteiger partial charge in [0.15, 0.2) is 0 Å². The Morgan fingerprint density at radius 2 is 1.79 bits per heavy atom. The van der Waals surface area contributed by atoms with Crippen LogP contribution in [0, 0.1) is 16.7 Å². The molecule has 0 radical (unpaired) electrons. The number of hydrogen-bond acceptors (Lipinski definition) is 5. The molecule has 9 heteroatoms. The van der Waals surface area contributed by atoms with Crippen molar-refractivity contribution in [3.8, 4) is 0 Å². The Balaban J connectivity index is 1.73. The van der Waals surface area contributed by atoms with Crippen molar-refractivity contribution >= 4 is 16.1 Å². The molecule has 0 saturated heterocycles. The van der Waals surface area contributed by atoms with Gasteiger partial charge in [0, 0.05) is 0 Å². The highest BCUT2D eigenvalue weighted by Gasteiger charge is 2.67. The standard InChI is InChI=1S/C20H23F3O5S/c1-27-16(24)19-9-14-7-17(11-19,13-28-29(25,26)20(21,22)23)10-18(8-14,12-19)15-5-3-2-4-6-15/h2-6,14H,7-13H2,1H3. The zero-order valence-corrected chi connectivity index (χ0v) is 16.8. The van der Waals surface area contributed by atoms with E-state index < -0.39 is 38.5 Å². The summed E-state index contributed by atoms with van der Waals surface area (Å²) in [6.07, 6.45) is 3.32. The summed E-state index contributed by atoms with van der Waals surface area (Å²) in [5.74, 6) is -0.271. The molecule has 0 amide bonds. The average molecular weight is 432 g/mol. The van der Waals surface area contributed by atoms with Crippen molar-refractivity contribution < 1.29 is 35.3 Å². The molecule has 29 heavy (non-hydrogen) atoms. The smallest absolute Gasteiger partial charge is 0.469 e. The highest BCUT2D eigenvalue weighted by molar-refractivity contribution is 7.87. The zero-order valence-electron chi connectivity index (χ0n) is 16.0. The van der Waals surface area contributed by atoms with Crippen molar-refractivity contribution in [1.29, 1.82) is 0 Å². The molecule has 4 aliphatic rings. The number of carbonyl (C=O) groups is 1. The second-order valence-corrected chi connectivity index (χ2v) is 10.7. The molecular weight excluding hydrogens is 409 g/mol. The fourth-order valence-corrected chi connectivity index (χ4v) is 7.16. The van der Waals surface area contributed by atoms with Gasteiger partial charge in [-0.1, -0.05) is 30.3 Å². The van der Waals surface area contributed by atoms with E-state index in [0.29, 0.717) is 25.7 Å². The maximum atomic E-state index is 12.8. The molecule has 1 aromatic carbocycles. The average Bonchev–Trinajstić information content (AvgIpc) is 2.65. The Kier molecular flexibility index (Phi) is 4.59. The maximum absolute atomic E-state index is 12.8. The minimum atomic E-state index is -5.69. The summed E-state index contributed by atoms with van der Waals surface area (Å²) in [6.45, 7) is -0.571. The second-order valence-electron chi connectivity index (χ2n) is 9.09. The van der Waals surface area contributed by atoms with Crippen LogP contribution in [-0.2, 0) is 29.2 Å². The Hall–Kier alpha value is -1.61. The topological polar surface area (TPSA) is 69.7 Å². The monoisotopic (exact) mass is 432 g/mol. The van der Waals surface area contributed by atoms with Gasteiger partial charge in [-0.2, -0.15) is 21.6 Å². The van der Waals surface area contributed by atoms with Crippen molar-refractivity contribution in [2.45, 2.75) is 49.4 Å². The van der Waals surface area contributed by atoms with Crippen LogP contribution in [0.5, 0.6) is 0 Å². The molecule has 0 heterocycles. The molecule has 4 fully saturated rings. The van der Waals surface area contributed by atoms with Crippen LogP contribution in [-0.4, -0.2) is 33.6 Å². The number of benzene rings is 1. The Morgan fingerprint density at radius 1 is 1.10 bits per heavy atom. The van der Waals surface area contributed by atoms with E-state index in [9.17, 15) is 26.4 Å². The lowest BCUT2D eigenvalue weighted by atomic mass is 9.38. The summed E-state index contributed by atoms with van der Waals surface area (Å²) >= 11 is 0. The van der Waals surface area contributed by atoms with E-state index >= 15 is 0 Å². The number of esters is 1. The molecule has 160 valence electrons. The molecule has 4 bridgehead atoms. The number of methoxy groups -OCH3 is 1. The van der Waals surface area contributed by atoms with Crippen LogP contribution in [0.25, 0.3) is 0 Å². The van der Waals surface area contributed by atoms with E-state index in [4.69, 9.17) is 4.74 Å². The van der Waals surface area contributed by atoms with Gasteiger partial charge in [0.2, 0.25) is 0 Å². The molecule has 0 aromatic heterocycles. The SMILES string of the molecule is COC(=O)C12CC3CC(COS(=O)(=O)C(F)(F)F)(C1)CC(c1ccccc1)(C3)C2. The zero-order chi connectivity index (χ0) is 21.1. The Bertz CT molecular complexity index is 916. The summed E-state index contributed by atoms with van der Waals surface area (Å²) in [7, 11) is -4.37. The second kappa shape index (κ2) is 6.44. The summed E-state index contributed by atoms with van der Waals surface area (Å²) in [6, 6.07) is 9.62. The van der Waals surface area contributed by atoms with Gasteiger partial charge in [-0.25, -0.2) is 0 Å². The third kappa shape index (κ3) is 3.26. The highest BCUT2D eigenvalue weighted by Crippen LogP contribution is 2.70. The van der Waals surface area contributed by atoms with Gasteiger partial charge in [0.25, 0.3) is 0 Å². The number of halogens is 3. The first kappa shape index (κ1) is 20.7. The first-order valence-electron chi connectivity index (χ1n) is 9.55. The van der Waals surface area contributed by atoms with Crippen LogP contribution < -0.4 is 0 Å². The summed E-state index contributed by atoms with van der Waals surface area (Å²) in [5, 5.41) is 0. The van der Waals surface area contributed by atoms with Crippen molar-refractivity contribution in [3.05, 3.63) is 35.9 Å². The summed E-state index contributed by atoms with van der Waals surface area (Å²) in [4.78, 5) is 12.8. The van der Waals surface area contributed by atoms with Crippen LogP contribution in [0.3, 0.4) is 0 Å². The lowest BCUT2D eigenvalue weighted by Crippen LogP contribution is -2.62. The first-order valence-corrected chi connectivity index (χ1v) is 11.0. The van der Waals surface area contributed by atoms with Gasteiger partial charge >= 0.3 is 21.6 Å². The van der Waals surface area contributed by atoms with Crippen LogP contribution in [0.15, 0.2) is 30.3 Å². The van der Waals surface area contributed by atoms with E-state index in [0.717, 1.165) is 12.0 Å². The van der Waals surface area contributed by atoms with Gasteiger partial charge in [-0.3, -0.25) is 8.98 Å². The fraction of sp³-hybridized carbons (Fsp3) is 0.650. The first-order chi connectivity index (χ1) is 13.5. The highest BCUT2D eigenvalue weighted by atomic mass is 32.2. The molecule has 4 saturated carbocycles. The molecule has 4 atom stereocenters. The minimum absolute atomic E-state index is 0.0998. The molecule has 0 spiro atoms. The largest absolute Gasteiger partial charge is 0.523 e. The van der Waals surface area contributed by atoms with Gasteiger partial charge in [0.05, 0.1) is 19.1 Å². The molecule has 0 N–H and O–H groups in total. The van der Waals surface area contributed by atoms with Crippen molar-refractivity contribution in [1.82, 2.24) is 0 Å². The normalized spacial score (nSPS) is 36.2. The number of carbonyl (C=O) groups excluding carboxylic acids is 1. The number of ether oxygens (including phenoxy) is 1. The van der Waals surface area contributed by atoms with Gasteiger partial charge < -0.3 is 4.74 Å². The van der Waals surface area contributed by atoms with Crippen LogP contribution in [0.4, 0.5) is 13.2 Å². The van der Waals surface area contributed by atoms with E-state index in [-0.39, 0.29) is 18.3 Å². The predicted octanol–water partition coefficient (Wildman–Crippen LogP) is 3.93. The fourth-order valence-electron chi connectivity index (χ4n) is 6.63. The molecule has 1 aromatic rings. The number of alkyl halides is 3. The minimum Gasteiger partial charge on any atom is -0.469 e. The third-order valence-corrected chi connectivity index (χ3v) is 7.99. The Morgan fingerprint density at radius 3 is 2.41 bits per heavy atom. The molecule has 0 aliphatic heterocycles. The lowest BCUT2D eigenvalue weighted by molar-refractivity contribution is -0.186. The Labute approximate surface area is 167 Å². The molecule has 5 rings (SSSR count). The maximum Gasteiger partial charge on any atom is 0.523 e. The summed E-state index contributed by atoms with van der Waals surface area (Å²) in [5.41, 5.74) is -6.48. The van der Waals surface area contributed by atoms with Crippen molar-refractivity contribution in [2.24, 2.45) is 16.7 Å². The van der Waals surface area contributed by atoms with Crippen LogP contribution >= 0.6 is 0 Å². The predicted molar refractivity (Wildman–Crippen MR) is 97.1 cm³/mol. The van der Waals surface area contributed by atoms with E-state index in [2.05, 4.69) is 4.18 Å². The molecule has 4 aliphatic carbocycles. The van der Waals surface area contributed by atoms with Crippen molar-refractivity contribution in [3.63, 3.8) is 0 Å². The van der Waals surface area contributed by atoms with Gasteiger partial charge in [0.1, 0.15) is 0 Å². The number of rotatable bonds is 5. The van der Waals surface area contributed by atoms with Gasteiger partial charge in [-0.15, -0.1) is 0 Å². The molecule has 5 nitrogen and oxygen atoms in total. The molecular formula is C20H23F3O5S. The van der Waals surface area contributed by atoms with Crippen LogP contribution in [0.2, 0.25) is 0 Å². The molecule has 4 unspecified atom stereocenters. The van der Waals surface area contributed by atoms with E-state index in [1.807, 2.05) is 30.3 Å². The summed E-state index contributed by atoms with van der Waals surface area (Å²) < 4.78 is 71.1. The van der Waals surface area contributed by atoms with Crippen molar-refractivity contribution in [2.75, 3.05) is 13.7 Å². The lowest BCUT2D eigenvalue weighted by Gasteiger charge is -2.65. The number of hydrogen-bond donors (Lipinski definition) is 0. The quantitative estimate of drug-likeness (QED) is 0.401. The van der Waals surface area contributed by atoms with Gasteiger partial charge in [-0.05, 0) is 60.8 Å². The van der Waals surface area contributed by atoms with Crippen LogP contribution in [0.1, 0.15) is 44.1 Å². The van der Waals surface area contributed by atoms with E-state index in [1.165, 1.54) is 7.11 Å². The third-order valence-electron chi connectivity index (χ3n) is 6.99.